The van der Waals surface area contributed by atoms with Crippen LogP contribution in [0.5, 0.6) is 0 Å². The second kappa shape index (κ2) is 2.43. The minimum Gasteiger partial charge on any atom is -0.352 e. The van der Waals surface area contributed by atoms with Gasteiger partial charge in [-0.15, -0.1) is 5.10 Å². The Bertz CT molecular complexity index is 186. The van der Waals surface area contributed by atoms with E-state index in [-0.39, 0.29) is 1.43 Å². The Morgan fingerprint density at radius 2 is 2.56 bits per heavy atom. The number of tetrazole rings is 1. The smallest absolute Gasteiger partial charge is 0.263 e. The molecule has 52 valence electrons. The van der Waals surface area contributed by atoms with Crippen molar-refractivity contribution >= 4 is 5.95 Å². The predicted molar refractivity (Wildman–Crippen MR) is 35.1 cm³/mol. The number of aryl methyl sites for hydroxylation is 1. The van der Waals surface area contributed by atoms with E-state index in [9.17, 15) is 0 Å². The molecule has 1 heterocycles. The molecule has 0 radical (unpaired) electrons. The van der Waals surface area contributed by atoms with E-state index in [4.69, 9.17) is 0 Å². The normalized spacial score (nSPS) is 9.56. The van der Waals surface area contributed by atoms with E-state index in [1.807, 2.05) is 6.92 Å². The van der Waals surface area contributed by atoms with E-state index in [0.717, 1.165) is 6.54 Å². The van der Waals surface area contributed by atoms with E-state index in [1.54, 1.807) is 7.05 Å². The lowest BCUT2D eigenvalue weighted by Crippen LogP contribution is -1.99. The number of hydrogen-bond donors (Lipinski definition) is 1. The Morgan fingerprint density at radius 3 is 3.00 bits per heavy atom. The van der Waals surface area contributed by atoms with Gasteiger partial charge in [0.2, 0.25) is 0 Å². The lowest BCUT2D eigenvalue weighted by Gasteiger charge is -1.89. The molecule has 0 aliphatic heterocycles. The maximum absolute atomic E-state index is 3.88. The fraction of sp³-hybridized carbons (Fsp3) is 0.750. The summed E-state index contributed by atoms with van der Waals surface area (Å²) in [5.41, 5.74) is 0. The van der Waals surface area contributed by atoms with Gasteiger partial charge >= 0.3 is 0 Å². The molecule has 0 amide bonds. The van der Waals surface area contributed by atoms with Gasteiger partial charge in [0.1, 0.15) is 0 Å². The first-order chi connectivity index (χ1) is 4.33. The molecule has 0 bridgehead atoms. The summed E-state index contributed by atoms with van der Waals surface area (Å²) in [5, 5.41) is 14.1. The largest absolute Gasteiger partial charge is 0.352 e. The molecule has 1 N–H and O–H groups in total. The second-order valence-electron chi connectivity index (χ2n) is 1.63. The van der Waals surface area contributed by atoms with Gasteiger partial charge in [0, 0.05) is 7.97 Å². The Labute approximate surface area is 54.5 Å². The van der Waals surface area contributed by atoms with Gasteiger partial charge in [-0.05, 0) is 12.1 Å². The van der Waals surface area contributed by atoms with Crippen LogP contribution in [0.3, 0.4) is 0 Å². The average Bonchev–Trinajstić information content (AvgIpc) is 2.17. The Hall–Kier alpha value is -1.13. The highest BCUT2D eigenvalue weighted by Crippen LogP contribution is 1.88. The molecule has 1 aromatic rings. The van der Waals surface area contributed by atoms with Crippen molar-refractivity contribution in [1.29, 1.82) is 0 Å². The van der Waals surface area contributed by atoms with Crippen molar-refractivity contribution in [2.24, 2.45) is 7.05 Å². The quantitative estimate of drug-likeness (QED) is 0.605. The third-order valence-corrected chi connectivity index (χ3v) is 0.843. The van der Waals surface area contributed by atoms with E-state index in [1.165, 1.54) is 4.80 Å². The minimum absolute atomic E-state index is 0. The number of anilines is 1. The van der Waals surface area contributed by atoms with E-state index < -0.39 is 0 Å². The summed E-state index contributed by atoms with van der Waals surface area (Å²) >= 11 is 0. The predicted octanol–water partition coefficient (Wildman–Crippen LogP) is -0.112. The first-order valence-electron chi connectivity index (χ1n) is 2.81. The van der Waals surface area contributed by atoms with Crippen LogP contribution >= 0.6 is 0 Å². The first-order valence-corrected chi connectivity index (χ1v) is 2.81. The highest BCUT2D eigenvalue weighted by molar-refractivity contribution is 5.17. The molecule has 5 heteroatoms. The van der Waals surface area contributed by atoms with Crippen molar-refractivity contribution in [2.45, 2.75) is 6.92 Å². The molecule has 0 fully saturated rings. The van der Waals surface area contributed by atoms with Crippen LogP contribution in [-0.2, 0) is 7.05 Å². The van der Waals surface area contributed by atoms with Crippen molar-refractivity contribution in [1.82, 2.24) is 20.2 Å². The van der Waals surface area contributed by atoms with Gasteiger partial charge < -0.3 is 5.32 Å². The summed E-state index contributed by atoms with van der Waals surface area (Å²) in [5.74, 6) is 0.583. The molecule has 1 aromatic heterocycles. The maximum Gasteiger partial charge on any atom is 0.263 e. The Kier molecular flexibility index (Phi) is 1.62. The van der Waals surface area contributed by atoms with Crippen LogP contribution in [0.4, 0.5) is 5.95 Å². The summed E-state index contributed by atoms with van der Waals surface area (Å²) in [4.78, 5) is 1.41. The first kappa shape index (κ1) is 6.00. The lowest BCUT2D eigenvalue weighted by molar-refractivity contribution is 0.630. The molecule has 5 nitrogen and oxygen atoms in total. The van der Waals surface area contributed by atoms with Crippen LogP contribution in [0.1, 0.15) is 8.35 Å². The zero-order chi connectivity index (χ0) is 6.69. The molecule has 0 aliphatic carbocycles. The van der Waals surface area contributed by atoms with Gasteiger partial charge in [-0.25, -0.2) is 0 Å². The lowest BCUT2D eigenvalue weighted by atomic mass is 10.7. The van der Waals surface area contributed by atoms with Gasteiger partial charge in [0.15, 0.2) is 0 Å². The molecule has 0 aliphatic rings. The number of aromatic nitrogens is 4. The van der Waals surface area contributed by atoms with Crippen LogP contribution in [-0.4, -0.2) is 26.8 Å². The fourth-order valence-corrected chi connectivity index (χ4v) is 0.513. The summed E-state index contributed by atoms with van der Waals surface area (Å²) in [6, 6.07) is 0. The van der Waals surface area contributed by atoms with E-state index in [2.05, 4.69) is 20.7 Å². The molecule has 0 saturated carbocycles. The van der Waals surface area contributed by atoms with Crippen LogP contribution < -0.4 is 5.32 Å². The third kappa shape index (κ3) is 1.38. The topological polar surface area (TPSA) is 55.6 Å². The Balaban J connectivity index is 0.000000810. The zero-order valence-electron chi connectivity index (χ0n) is 5.50. The van der Waals surface area contributed by atoms with E-state index >= 15 is 0 Å². The fourth-order valence-electron chi connectivity index (χ4n) is 0.513. The summed E-state index contributed by atoms with van der Waals surface area (Å²) in [6.07, 6.45) is 0. The molecule has 9 heavy (non-hydrogen) atoms. The summed E-state index contributed by atoms with van der Waals surface area (Å²) in [7, 11) is 1.73. The van der Waals surface area contributed by atoms with Gasteiger partial charge in [0.25, 0.3) is 5.95 Å². The maximum atomic E-state index is 3.88. The number of rotatable bonds is 2. The van der Waals surface area contributed by atoms with Crippen molar-refractivity contribution in [3.8, 4) is 0 Å². The molecule has 0 atom stereocenters. The highest BCUT2D eigenvalue weighted by Gasteiger charge is 1.93. The van der Waals surface area contributed by atoms with Crippen LogP contribution in [0.2, 0.25) is 0 Å². The number of hydrogen-bond acceptors (Lipinski definition) is 4. The third-order valence-electron chi connectivity index (χ3n) is 0.843. The Morgan fingerprint density at radius 1 is 1.78 bits per heavy atom. The van der Waals surface area contributed by atoms with Gasteiger partial charge in [-0.1, -0.05) is 5.10 Å². The molecule has 0 unspecified atom stereocenters. The number of nitrogens with zero attached hydrogens (tertiary/aromatic N) is 4. The molecule has 0 spiro atoms. The van der Waals surface area contributed by atoms with Crippen molar-refractivity contribution in [2.75, 3.05) is 11.9 Å². The summed E-state index contributed by atoms with van der Waals surface area (Å²) in [6.45, 7) is 2.81. The van der Waals surface area contributed by atoms with Crippen LogP contribution in [0.25, 0.3) is 0 Å². The minimum atomic E-state index is 0. The zero-order valence-corrected chi connectivity index (χ0v) is 5.50. The molecule has 0 saturated heterocycles. The van der Waals surface area contributed by atoms with Crippen molar-refractivity contribution in [3.05, 3.63) is 0 Å². The molecule has 1 rings (SSSR count). The average molecular weight is 129 g/mol. The van der Waals surface area contributed by atoms with Crippen molar-refractivity contribution < 1.29 is 1.43 Å². The van der Waals surface area contributed by atoms with Gasteiger partial charge in [-0.3, -0.25) is 0 Å². The monoisotopic (exact) mass is 129 g/mol. The molecular formula is C4H11N5. The SMILES string of the molecule is CCNc1nnn(C)n1.[HH]. The van der Waals surface area contributed by atoms with Crippen molar-refractivity contribution in [3.63, 3.8) is 0 Å². The summed E-state index contributed by atoms with van der Waals surface area (Å²) < 4.78 is 0. The second-order valence-corrected chi connectivity index (χ2v) is 1.63. The van der Waals surface area contributed by atoms with Crippen LogP contribution in [0, 0.1) is 0 Å². The van der Waals surface area contributed by atoms with E-state index in [0.29, 0.717) is 5.95 Å². The molecular weight excluding hydrogens is 118 g/mol. The number of nitrogens with one attached hydrogen (secondary N) is 1. The highest BCUT2D eigenvalue weighted by atomic mass is 15.6. The van der Waals surface area contributed by atoms with Gasteiger partial charge in [-0.2, -0.15) is 4.80 Å². The molecule has 0 aromatic carbocycles. The van der Waals surface area contributed by atoms with Crippen LogP contribution in [0.15, 0.2) is 0 Å². The van der Waals surface area contributed by atoms with Gasteiger partial charge in [0.05, 0.1) is 7.05 Å². The standard InChI is InChI=1S/C4H9N5.H2/c1-3-5-4-6-8-9(2)7-4;/h3H2,1-2H3,(H,5,7);1H.